The summed E-state index contributed by atoms with van der Waals surface area (Å²) in [6, 6.07) is 17.8. The summed E-state index contributed by atoms with van der Waals surface area (Å²) in [7, 11) is 0. The second-order valence-electron chi connectivity index (χ2n) is 5.13. The van der Waals surface area contributed by atoms with Crippen LogP contribution in [-0.2, 0) is 0 Å². The number of nitrogens with zero attached hydrogens (tertiary/aromatic N) is 1. The summed E-state index contributed by atoms with van der Waals surface area (Å²) in [5.74, 6) is 5.75. The Morgan fingerprint density at radius 1 is 1.05 bits per heavy atom. The van der Waals surface area contributed by atoms with Crippen LogP contribution < -0.4 is 17.0 Å². The second-order valence-corrected chi connectivity index (χ2v) is 5.13. The van der Waals surface area contributed by atoms with Crippen molar-refractivity contribution >= 4 is 16.6 Å². The third-order valence-corrected chi connectivity index (χ3v) is 3.66. The Balaban J connectivity index is 2.09. The number of fused-ring (bicyclic) bond motifs is 1. The summed E-state index contributed by atoms with van der Waals surface area (Å²) in [6.07, 6.45) is 0. The van der Waals surface area contributed by atoms with Gasteiger partial charge in [-0.05, 0) is 42.3 Å². The predicted octanol–water partition coefficient (Wildman–Crippen LogP) is 2.68. The van der Waals surface area contributed by atoms with Crippen LogP contribution in [0.1, 0.15) is 22.9 Å². The number of nitrogen functional groups attached to an aromatic ring is 1. The summed E-state index contributed by atoms with van der Waals surface area (Å²) in [5.41, 5.74) is 13.7. The average molecular weight is 278 g/mol. The monoisotopic (exact) mass is 278 g/mol. The predicted molar refractivity (Wildman–Crippen MR) is 86.5 cm³/mol. The quantitative estimate of drug-likeness (QED) is 0.391. The maximum atomic E-state index is 6.06. The van der Waals surface area contributed by atoms with Gasteiger partial charge in [-0.2, -0.15) is 0 Å². The minimum Gasteiger partial charge on any atom is -0.398 e. The molecule has 4 nitrogen and oxygen atoms in total. The molecule has 0 aliphatic carbocycles. The van der Waals surface area contributed by atoms with Crippen LogP contribution in [-0.4, -0.2) is 4.98 Å². The molecule has 21 heavy (non-hydrogen) atoms. The molecule has 0 amide bonds. The molecule has 0 aliphatic heterocycles. The Morgan fingerprint density at radius 3 is 2.62 bits per heavy atom. The van der Waals surface area contributed by atoms with Crippen molar-refractivity contribution in [3.05, 3.63) is 71.4 Å². The van der Waals surface area contributed by atoms with Crippen molar-refractivity contribution in [1.82, 2.24) is 10.4 Å². The van der Waals surface area contributed by atoms with E-state index in [-0.39, 0.29) is 6.04 Å². The lowest BCUT2D eigenvalue weighted by molar-refractivity contribution is 0.639. The number of anilines is 1. The summed E-state index contributed by atoms with van der Waals surface area (Å²) >= 11 is 0. The number of rotatable bonds is 3. The van der Waals surface area contributed by atoms with Crippen molar-refractivity contribution in [2.24, 2.45) is 5.84 Å². The van der Waals surface area contributed by atoms with Crippen molar-refractivity contribution in [2.45, 2.75) is 13.0 Å². The molecule has 0 aliphatic rings. The fraction of sp³-hybridized carbons (Fsp3) is 0.118. The Bertz CT molecular complexity index is 783. The van der Waals surface area contributed by atoms with Gasteiger partial charge in [0, 0.05) is 16.8 Å². The number of nitrogens with one attached hydrogen (secondary N) is 1. The van der Waals surface area contributed by atoms with Gasteiger partial charge in [-0.1, -0.05) is 30.3 Å². The van der Waals surface area contributed by atoms with Gasteiger partial charge in [0.25, 0.3) is 0 Å². The molecule has 0 fully saturated rings. The van der Waals surface area contributed by atoms with E-state index in [1.54, 1.807) is 0 Å². The Labute approximate surface area is 123 Å². The minimum atomic E-state index is -0.142. The average Bonchev–Trinajstić information content (AvgIpc) is 2.50. The minimum absolute atomic E-state index is 0.142. The maximum Gasteiger partial charge on any atom is 0.0730 e. The molecule has 106 valence electrons. The molecule has 2 aromatic carbocycles. The Morgan fingerprint density at radius 2 is 1.86 bits per heavy atom. The van der Waals surface area contributed by atoms with Crippen LogP contribution >= 0.6 is 0 Å². The lowest BCUT2D eigenvalue weighted by Gasteiger charge is -2.19. The van der Waals surface area contributed by atoms with Crippen LogP contribution in [0.15, 0.2) is 54.6 Å². The van der Waals surface area contributed by atoms with Crippen LogP contribution in [0.25, 0.3) is 10.9 Å². The Kier molecular flexibility index (Phi) is 3.56. The molecular formula is C17H18N4. The van der Waals surface area contributed by atoms with Crippen LogP contribution in [0, 0.1) is 6.92 Å². The second kappa shape index (κ2) is 5.52. The fourth-order valence-corrected chi connectivity index (χ4v) is 2.56. The highest BCUT2D eigenvalue weighted by atomic mass is 15.2. The van der Waals surface area contributed by atoms with Gasteiger partial charge in [0.15, 0.2) is 0 Å². The van der Waals surface area contributed by atoms with Gasteiger partial charge in [0.1, 0.15) is 0 Å². The van der Waals surface area contributed by atoms with E-state index in [0.29, 0.717) is 0 Å². The van der Waals surface area contributed by atoms with Gasteiger partial charge in [0.2, 0.25) is 0 Å². The fourth-order valence-electron chi connectivity index (χ4n) is 2.56. The van der Waals surface area contributed by atoms with Crippen molar-refractivity contribution in [3.63, 3.8) is 0 Å². The van der Waals surface area contributed by atoms with Crippen LogP contribution in [0.5, 0.6) is 0 Å². The van der Waals surface area contributed by atoms with E-state index in [1.807, 2.05) is 49.4 Å². The van der Waals surface area contributed by atoms with E-state index in [0.717, 1.165) is 33.4 Å². The van der Waals surface area contributed by atoms with E-state index in [2.05, 4.69) is 22.5 Å². The molecule has 0 radical (unpaired) electrons. The van der Waals surface area contributed by atoms with Gasteiger partial charge >= 0.3 is 0 Å². The van der Waals surface area contributed by atoms with E-state index < -0.39 is 0 Å². The number of hydrogen-bond donors (Lipinski definition) is 3. The molecule has 1 unspecified atom stereocenters. The summed E-state index contributed by atoms with van der Waals surface area (Å²) in [6.45, 7) is 1.99. The van der Waals surface area contributed by atoms with E-state index in [9.17, 15) is 0 Å². The lowest BCUT2D eigenvalue weighted by atomic mass is 9.96. The molecular weight excluding hydrogens is 260 g/mol. The van der Waals surface area contributed by atoms with E-state index >= 15 is 0 Å². The molecule has 3 aromatic rings. The molecule has 1 heterocycles. The molecule has 0 spiro atoms. The van der Waals surface area contributed by atoms with Crippen LogP contribution in [0.2, 0.25) is 0 Å². The zero-order chi connectivity index (χ0) is 14.8. The van der Waals surface area contributed by atoms with Crippen molar-refractivity contribution < 1.29 is 0 Å². The zero-order valence-corrected chi connectivity index (χ0v) is 11.9. The number of pyridine rings is 1. The van der Waals surface area contributed by atoms with Gasteiger partial charge in [-0.25, -0.2) is 5.43 Å². The SMILES string of the molecule is Cc1ccc2cc(C(NN)c3ccccc3N)ccc2n1. The molecule has 0 saturated heterocycles. The van der Waals surface area contributed by atoms with Gasteiger partial charge in [-0.3, -0.25) is 10.8 Å². The highest BCUT2D eigenvalue weighted by Crippen LogP contribution is 2.28. The van der Waals surface area contributed by atoms with Gasteiger partial charge in [-0.15, -0.1) is 0 Å². The van der Waals surface area contributed by atoms with Crippen molar-refractivity contribution in [1.29, 1.82) is 0 Å². The van der Waals surface area contributed by atoms with Crippen LogP contribution in [0.4, 0.5) is 5.69 Å². The molecule has 4 heteroatoms. The molecule has 0 saturated carbocycles. The Hall–Kier alpha value is -2.43. The first-order chi connectivity index (χ1) is 10.2. The highest BCUT2D eigenvalue weighted by Gasteiger charge is 2.15. The number of aryl methyl sites for hydroxylation is 1. The first kappa shape index (κ1) is 13.5. The number of aromatic nitrogens is 1. The number of nitrogens with two attached hydrogens (primary N) is 2. The maximum absolute atomic E-state index is 6.06. The topological polar surface area (TPSA) is 77.0 Å². The molecule has 1 aromatic heterocycles. The smallest absolute Gasteiger partial charge is 0.0730 e. The first-order valence-corrected chi connectivity index (χ1v) is 6.87. The molecule has 0 bridgehead atoms. The summed E-state index contributed by atoms with van der Waals surface area (Å²) in [5, 5.41) is 1.09. The number of benzene rings is 2. The molecule has 3 rings (SSSR count). The zero-order valence-electron chi connectivity index (χ0n) is 11.9. The first-order valence-electron chi connectivity index (χ1n) is 6.87. The van der Waals surface area contributed by atoms with E-state index in [1.165, 1.54) is 0 Å². The molecule has 1 atom stereocenters. The molecule has 5 N–H and O–H groups in total. The van der Waals surface area contributed by atoms with Gasteiger partial charge in [0.05, 0.1) is 11.6 Å². The third-order valence-electron chi connectivity index (χ3n) is 3.66. The lowest BCUT2D eigenvalue weighted by Crippen LogP contribution is -2.29. The summed E-state index contributed by atoms with van der Waals surface area (Å²) in [4.78, 5) is 4.52. The largest absolute Gasteiger partial charge is 0.398 e. The summed E-state index contributed by atoms with van der Waals surface area (Å²) < 4.78 is 0. The number of hydrogen-bond acceptors (Lipinski definition) is 4. The highest BCUT2D eigenvalue weighted by molar-refractivity contribution is 5.79. The third kappa shape index (κ3) is 2.59. The van der Waals surface area contributed by atoms with Crippen LogP contribution in [0.3, 0.4) is 0 Å². The van der Waals surface area contributed by atoms with Crippen molar-refractivity contribution in [2.75, 3.05) is 5.73 Å². The number of hydrazine groups is 1. The van der Waals surface area contributed by atoms with Crippen molar-refractivity contribution in [3.8, 4) is 0 Å². The standard InChI is InChI=1S/C17H18N4/c1-11-6-7-12-10-13(8-9-16(12)20-11)17(21-19)14-4-2-3-5-15(14)18/h2-10,17,21H,18-19H2,1H3. The van der Waals surface area contributed by atoms with Gasteiger partial charge < -0.3 is 5.73 Å². The van der Waals surface area contributed by atoms with E-state index in [4.69, 9.17) is 11.6 Å². The normalized spacial score (nSPS) is 12.5. The number of para-hydroxylation sites is 1.